The molecule has 2 nitrogen and oxygen atoms in total. The van der Waals surface area contributed by atoms with Crippen LogP contribution in [-0.2, 0) is 0 Å². The van der Waals surface area contributed by atoms with Crippen molar-refractivity contribution in [3.63, 3.8) is 0 Å². The first kappa shape index (κ1) is 12.5. The molecule has 0 bridgehead atoms. The number of hydrogen-bond donors (Lipinski definition) is 1. The van der Waals surface area contributed by atoms with Gasteiger partial charge in [0.15, 0.2) is 0 Å². The van der Waals surface area contributed by atoms with Crippen LogP contribution in [0.5, 0.6) is 5.75 Å². The van der Waals surface area contributed by atoms with Crippen LogP contribution in [0.15, 0.2) is 22.7 Å². The smallest absolute Gasteiger partial charge is 0.124 e. The van der Waals surface area contributed by atoms with Gasteiger partial charge in [-0.2, -0.15) is 0 Å². The molecular weight excluding hydrogens is 278 g/mol. The number of benzene rings is 1. The number of halogens is 1. The lowest BCUT2D eigenvalue weighted by Crippen LogP contribution is -2.27. The Morgan fingerprint density at radius 2 is 2.41 bits per heavy atom. The first-order valence-electron chi connectivity index (χ1n) is 5.86. The maximum atomic E-state index is 5.65. The maximum Gasteiger partial charge on any atom is 0.124 e. The molecule has 0 saturated carbocycles. The predicted octanol–water partition coefficient (Wildman–Crippen LogP) is 3.28. The third-order valence-corrected chi connectivity index (χ3v) is 3.32. The van der Waals surface area contributed by atoms with Gasteiger partial charge in [-0.25, -0.2) is 0 Å². The molecule has 90 valence electrons. The van der Waals surface area contributed by atoms with Crippen LogP contribution >= 0.6 is 15.9 Å². The van der Waals surface area contributed by atoms with Crippen molar-refractivity contribution in [1.29, 1.82) is 0 Å². The van der Waals surface area contributed by atoms with E-state index in [1.807, 2.05) is 19.1 Å². The fraction of sp³-hybridized carbons (Fsp3) is 0.429. The summed E-state index contributed by atoms with van der Waals surface area (Å²) in [5.41, 5.74) is 1.25. The Morgan fingerprint density at radius 3 is 3.24 bits per heavy atom. The zero-order chi connectivity index (χ0) is 12.1. The summed E-state index contributed by atoms with van der Waals surface area (Å²) in [5, 5.41) is 3.54. The summed E-state index contributed by atoms with van der Waals surface area (Å²) in [5.74, 6) is 6.98. The number of hydrogen-bond acceptors (Lipinski definition) is 2. The van der Waals surface area contributed by atoms with Crippen LogP contribution in [0.4, 0.5) is 0 Å². The highest BCUT2D eigenvalue weighted by molar-refractivity contribution is 9.10. The highest BCUT2D eigenvalue weighted by Crippen LogP contribution is 2.33. The quantitative estimate of drug-likeness (QED) is 0.682. The van der Waals surface area contributed by atoms with Gasteiger partial charge in [0.05, 0.1) is 6.61 Å². The monoisotopic (exact) mass is 293 g/mol. The molecule has 2 rings (SSSR count). The van der Waals surface area contributed by atoms with E-state index in [0.717, 1.165) is 36.2 Å². The fourth-order valence-electron chi connectivity index (χ4n) is 2.01. The Hall–Kier alpha value is -0.980. The van der Waals surface area contributed by atoms with Gasteiger partial charge in [-0.05, 0) is 25.1 Å². The number of nitrogens with one attached hydrogen (secondary N) is 1. The van der Waals surface area contributed by atoms with Crippen molar-refractivity contribution in [2.24, 2.45) is 0 Å². The van der Waals surface area contributed by atoms with Crippen molar-refractivity contribution >= 4 is 15.9 Å². The third kappa shape index (κ3) is 3.24. The molecule has 0 amide bonds. The van der Waals surface area contributed by atoms with Crippen molar-refractivity contribution < 1.29 is 4.74 Å². The van der Waals surface area contributed by atoms with Crippen molar-refractivity contribution in [3.8, 4) is 17.6 Å². The summed E-state index contributed by atoms with van der Waals surface area (Å²) in [6.07, 6.45) is 1.92. The van der Waals surface area contributed by atoms with Crippen LogP contribution in [0.2, 0.25) is 0 Å². The molecule has 1 aromatic carbocycles. The summed E-state index contributed by atoms with van der Waals surface area (Å²) in [4.78, 5) is 0. The molecule has 0 radical (unpaired) electrons. The Kier molecular flexibility index (Phi) is 4.47. The standard InChI is InChI=1S/C14H16BrNO/c1-2-3-4-8-16-13-7-9-17-14-6-5-11(15)10-12(13)14/h5-6,10,13,16H,4,7-9H2,1H3. The number of rotatable bonds is 3. The third-order valence-electron chi connectivity index (χ3n) is 2.83. The molecule has 0 fully saturated rings. The molecule has 1 atom stereocenters. The molecule has 0 aliphatic carbocycles. The van der Waals surface area contributed by atoms with E-state index < -0.39 is 0 Å². The average Bonchev–Trinajstić information content (AvgIpc) is 2.35. The average molecular weight is 294 g/mol. The van der Waals surface area contributed by atoms with Crippen molar-refractivity contribution in [2.45, 2.75) is 25.8 Å². The summed E-state index contributed by atoms with van der Waals surface area (Å²) in [7, 11) is 0. The summed E-state index contributed by atoms with van der Waals surface area (Å²) in [6, 6.07) is 6.57. The van der Waals surface area contributed by atoms with Crippen molar-refractivity contribution in [1.82, 2.24) is 5.32 Å². The second-order valence-electron chi connectivity index (χ2n) is 4.00. The SMILES string of the molecule is CC#CCCNC1CCOc2ccc(Br)cc21. The van der Waals surface area contributed by atoms with E-state index in [0.29, 0.717) is 6.04 Å². The van der Waals surface area contributed by atoms with Crippen LogP contribution in [0.1, 0.15) is 31.4 Å². The van der Waals surface area contributed by atoms with Gasteiger partial charge in [0.25, 0.3) is 0 Å². The molecule has 1 aromatic rings. The lowest BCUT2D eigenvalue weighted by molar-refractivity contribution is 0.253. The number of fused-ring (bicyclic) bond motifs is 1. The van der Waals surface area contributed by atoms with Crippen LogP contribution in [0.3, 0.4) is 0 Å². The zero-order valence-corrected chi connectivity index (χ0v) is 11.5. The topological polar surface area (TPSA) is 21.3 Å². The molecule has 0 aromatic heterocycles. The number of ether oxygens (including phenoxy) is 1. The van der Waals surface area contributed by atoms with Gasteiger partial charge in [-0.3, -0.25) is 0 Å². The van der Waals surface area contributed by atoms with E-state index in [4.69, 9.17) is 4.74 Å². The van der Waals surface area contributed by atoms with E-state index in [1.54, 1.807) is 0 Å². The molecule has 17 heavy (non-hydrogen) atoms. The molecule has 1 N–H and O–H groups in total. The molecule has 1 unspecified atom stereocenters. The van der Waals surface area contributed by atoms with Gasteiger partial charge >= 0.3 is 0 Å². The van der Waals surface area contributed by atoms with Crippen molar-refractivity contribution in [3.05, 3.63) is 28.2 Å². The highest BCUT2D eigenvalue weighted by atomic mass is 79.9. The molecule has 0 spiro atoms. The zero-order valence-electron chi connectivity index (χ0n) is 9.92. The fourth-order valence-corrected chi connectivity index (χ4v) is 2.39. The van der Waals surface area contributed by atoms with Crippen LogP contribution < -0.4 is 10.1 Å². The van der Waals surface area contributed by atoms with Gasteiger partial charge in [0.1, 0.15) is 5.75 Å². The van der Waals surface area contributed by atoms with E-state index in [9.17, 15) is 0 Å². The lowest BCUT2D eigenvalue weighted by Gasteiger charge is -2.26. The Morgan fingerprint density at radius 1 is 1.53 bits per heavy atom. The first-order valence-corrected chi connectivity index (χ1v) is 6.66. The van der Waals surface area contributed by atoms with E-state index in [1.165, 1.54) is 5.56 Å². The maximum absolute atomic E-state index is 5.65. The van der Waals surface area contributed by atoms with Crippen LogP contribution in [0, 0.1) is 11.8 Å². The minimum absolute atomic E-state index is 0.384. The minimum atomic E-state index is 0.384. The Bertz CT molecular complexity index is 447. The predicted molar refractivity (Wildman–Crippen MR) is 73.1 cm³/mol. The molecule has 3 heteroatoms. The molecule has 1 aliphatic heterocycles. The molecular formula is C14H16BrNO. The summed E-state index contributed by atoms with van der Waals surface area (Å²) >= 11 is 3.51. The molecule has 0 saturated heterocycles. The van der Waals surface area contributed by atoms with Crippen LogP contribution in [0.25, 0.3) is 0 Å². The summed E-state index contributed by atoms with van der Waals surface area (Å²) < 4.78 is 6.75. The van der Waals surface area contributed by atoms with E-state index in [2.05, 4.69) is 39.2 Å². The lowest BCUT2D eigenvalue weighted by atomic mass is 10.0. The van der Waals surface area contributed by atoms with E-state index in [-0.39, 0.29) is 0 Å². The van der Waals surface area contributed by atoms with Gasteiger partial charge in [0.2, 0.25) is 0 Å². The normalized spacial score (nSPS) is 17.6. The van der Waals surface area contributed by atoms with Gasteiger partial charge in [-0.1, -0.05) is 15.9 Å². The van der Waals surface area contributed by atoms with Crippen LogP contribution in [-0.4, -0.2) is 13.2 Å². The first-order chi connectivity index (χ1) is 8.31. The molecule has 1 aliphatic rings. The van der Waals surface area contributed by atoms with E-state index >= 15 is 0 Å². The Balaban J connectivity index is 2.05. The second-order valence-corrected chi connectivity index (χ2v) is 4.92. The second kappa shape index (κ2) is 6.09. The highest BCUT2D eigenvalue weighted by Gasteiger charge is 2.20. The van der Waals surface area contributed by atoms with Crippen molar-refractivity contribution in [2.75, 3.05) is 13.2 Å². The summed E-state index contributed by atoms with van der Waals surface area (Å²) in [6.45, 7) is 3.59. The minimum Gasteiger partial charge on any atom is -0.493 e. The largest absolute Gasteiger partial charge is 0.493 e. The van der Waals surface area contributed by atoms with Gasteiger partial charge < -0.3 is 10.1 Å². The molecule has 1 heterocycles. The Labute approximate surface area is 111 Å². The van der Waals surface area contributed by atoms with Gasteiger partial charge in [-0.15, -0.1) is 11.8 Å². The van der Waals surface area contributed by atoms with Gasteiger partial charge in [0, 0.05) is 35.5 Å².